The number of nitrogens with zero attached hydrogens (tertiary/aromatic N) is 2. The van der Waals surface area contributed by atoms with E-state index in [1.165, 1.54) is 6.92 Å². The largest absolute Gasteiger partial charge is 0.476 e. The van der Waals surface area contributed by atoms with Crippen molar-refractivity contribution in [1.29, 1.82) is 5.26 Å². The average Bonchev–Trinajstić information content (AvgIpc) is 2.15. The Kier molecular flexibility index (Phi) is 2.95. The first kappa shape index (κ1) is 11.0. The molecule has 4 nitrogen and oxygen atoms in total. The molecular weight excluding hydrogens is 206 g/mol. The first-order valence-corrected chi connectivity index (χ1v) is 3.90. The molecule has 0 amide bonds. The monoisotopic (exact) mass is 212 g/mol. The van der Waals surface area contributed by atoms with Gasteiger partial charge in [0.25, 0.3) is 6.43 Å². The van der Waals surface area contributed by atoms with E-state index in [2.05, 4.69) is 4.98 Å². The SMILES string of the molecule is Cc1cc(C#N)nc(C(=O)O)c1C(F)F. The molecule has 0 radical (unpaired) electrons. The van der Waals surface area contributed by atoms with Gasteiger partial charge in [0.15, 0.2) is 5.69 Å². The standard InChI is InChI=1S/C9H6F2N2O2/c1-4-2-5(3-12)13-7(9(14)15)6(4)8(10)11/h2,8H,1H3,(H,14,15). The average molecular weight is 212 g/mol. The van der Waals surface area contributed by atoms with Crippen LogP contribution in [0.2, 0.25) is 0 Å². The van der Waals surface area contributed by atoms with Gasteiger partial charge in [-0.05, 0) is 18.6 Å². The summed E-state index contributed by atoms with van der Waals surface area (Å²) >= 11 is 0. The maximum atomic E-state index is 12.5. The number of halogens is 2. The van der Waals surface area contributed by atoms with E-state index >= 15 is 0 Å². The molecule has 15 heavy (non-hydrogen) atoms. The third kappa shape index (κ3) is 2.07. The van der Waals surface area contributed by atoms with E-state index in [4.69, 9.17) is 10.4 Å². The summed E-state index contributed by atoms with van der Waals surface area (Å²) in [5.41, 5.74) is -1.54. The van der Waals surface area contributed by atoms with Crippen molar-refractivity contribution < 1.29 is 18.7 Å². The number of carboxylic acid groups (broad SMARTS) is 1. The predicted octanol–water partition coefficient (Wildman–Crippen LogP) is 1.90. The summed E-state index contributed by atoms with van der Waals surface area (Å²) in [5, 5.41) is 17.2. The first-order chi connectivity index (χ1) is 6.97. The summed E-state index contributed by atoms with van der Waals surface area (Å²) < 4.78 is 25.0. The Morgan fingerprint density at radius 3 is 2.67 bits per heavy atom. The van der Waals surface area contributed by atoms with Crippen LogP contribution >= 0.6 is 0 Å². The molecule has 0 aliphatic rings. The van der Waals surface area contributed by atoms with Gasteiger partial charge in [0.2, 0.25) is 0 Å². The fourth-order valence-electron chi connectivity index (χ4n) is 1.18. The van der Waals surface area contributed by atoms with E-state index in [1.807, 2.05) is 0 Å². The summed E-state index contributed by atoms with van der Waals surface area (Å²) in [5.74, 6) is -1.56. The predicted molar refractivity (Wildman–Crippen MR) is 45.6 cm³/mol. The highest BCUT2D eigenvalue weighted by Gasteiger charge is 2.22. The molecule has 0 saturated carbocycles. The summed E-state index contributed by atoms with van der Waals surface area (Å²) in [4.78, 5) is 14.0. The molecule has 1 aromatic heterocycles. The van der Waals surface area contributed by atoms with Gasteiger partial charge in [-0.15, -0.1) is 0 Å². The number of carbonyl (C=O) groups is 1. The third-order valence-corrected chi connectivity index (χ3v) is 1.80. The van der Waals surface area contributed by atoms with Crippen molar-refractivity contribution in [1.82, 2.24) is 4.98 Å². The van der Waals surface area contributed by atoms with Crippen LogP contribution < -0.4 is 0 Å². The van der Waals surface area contributed by atoms with E-state index in [-0.39, 0.29) is 11.3 Å². The number of aromatic carboxylic acids is 1. The second-order valence-electron chi connectivity index (χ2n) is 2.80. The third-order valence-electron chi connectivity index (χ3n) is 1.80. The van der Waals surface area contributed by atoms with Gasteiger partial charge in [-0.2, -0.15) is 5.26 Å². The molecule has 0 aromatic carbocycles. The molecule has 0 saturated heterocycles. The lowest BCUT2D eigenvalue weighted by Gasteiger charge is -2.07. The van der Waals surface area contributed by atoms with Crippen LogP contribution in [-0.2, 0) is 0 Å². The maximum Gasteiger partial charge on any atom is 0.355 e. The summed E-state index contributed by atoms with van der Waals surface area (Å²) in [6.45, 7) is 1.32. The number of nitriles is 1. The van der Waals surface area contributed by atoms with Gasteiger partial charge < -0.3 is 5.11 Å². The van der Waals surface area contributed by atoms with Gasteiger partial charge in [0.05, 0.1) is 5.56 Å². The molecule has 0 aliphatic heterocycles. The van der Waals surface area contributed by atoms with E-state index in [0.717, 1.165) is 6.07 Å². The summed E-state index contributed by atoms with van der Waals surface area (Å²) in [6, 6.07) is 2.74. The van der Waals surface area contributed by atoms with Crippen molar-refractivity contribution >= 4 is 5.97 Å². The highest BCUT2D eigenvalue weighted by atomic mass is 19.3. The molecule has 0 fully saturated rings. The minimum absolute atomic E-state index is 0.0500. The lowest BCUT2D eigenvalue weighted by molar-refractivity contribution is 0.0676. The zero-order chi connectivity index (χ0) is 11.6. The molecule has 78 valence electrons. The zero-order valence-corrected chi connectivity index (χ0v) is 7.66. The zero-order valence-electron chi connectivity index (χ0n) is 7.66. The smallest absolute Gasteiger partial charge is 0.355 e. The van der Waals surface area contributed by atoms with Crippen LogP contribution in [0.5, 0.6) is 0 Å². The Balaban J connectivity index is 3.51. The van der Waals surface area contributed by atoms with Crippen molar-refractivity contribution in [3.63, 3.8) is 0 Å². The lowest BCUT2D eigenvalue weighted by Crippen LogP contribution is -2.09. The minimum Gasteiger partial charge on any atom is -0.476 e. The van der Waals surface area contributed by atoms with Crippen LogP contribution in [0, 0.1) is 18.3 Å². The van der Waals surface area contributed by atoms with Crippen molar-refractivity contribution in [2.45, 2.75) is 13.3 Å². The maximum absolute atomic E-state index is 12.5. The first-order valence-electron chi connectivity index (χ1n) is 3.90. The summed E-state index contributed by atoms with van der Waals surface area (Å²) in [7, 11) is 0. The summed E-state index contributed by atoms with van der Waals surface area (Å²) in [6.07, 6.45) is -2.92. The van der Waals surface area contributed by atoms with E-state index < -0.39 is 23.7 Å². The number of aromatic nitrogens is 1. The molecule has 0 aliphatic carbocycles. The Hall–Kier alpha value is -2.03. The minimum atomic E-state index is -2.92. The van der Waals surface area contributed by atoms with E-state index in [9.17, 15) is 13.6 Å². The molecule has 0 bridgehead atoms. The molecule has 0 unspecified atom stereocenters. The number of alkyl halides is 2. The van der Waals surface area contributed by atoms with Crippen LogP contribution in [0.25, 0.3) is 0 Å². The second kappa shape index (κ2) is 4.00. The van der Waals surface area contributed by atoms with Crippen molar-refractivity contribution in [3.8, 4) is 6.07 Å². The van der Waals surface area contributed by atoms with Gasteiger partial charge >= 0.3 is 5.97 Å². The van der Waals surface area contributed by atoms with E-state index in [0.29, 0.717) is 0 Å². The quantitative estimate of drug-likeness (QED) is 0.812. The van der Waals surface area contributed by atoms with Crippen molar-refractivity contribution in [3.05, 3.63) is 28.6 Å². The Bertz CT molecular complexity index is 452. The number of hydrogen-bond acceptors (Lipinski definition) is 3. The van der Waals surface area contributed by atoms with Gasteiger partial charge in [-0.1, -0.05) is 0 Å². The van der Waals surface area contributed by atoms with E-state index in [1.54, 1.807) is 6.07 Å². The Morgan fingerprint density at radius 2 is 2.27 bits per heavy atom. The van der Waals surface area contributed by atoms with Crippen molar-refractivity contribution in [2.75, 3.05) is 0 Å². The molecule has 1 heterocycles. The molecule has 0 spiro atoms. The lowest BCUT2D eigenvalue weighted by atomic mass is 10.1. The molecule has 6 heteroatoms. The van der Waals surface area contributed by atoms with Crippen LogP contribution in [0.3, 0.4) is 0 Å². The number of carboxylic acids is 1. The van der Waals surface area contributed by atoms with Gasteiger partial charge in [-0.25, -0.2) is 18.6 Å². The normalized spacial score (nSPS) is 10.1. The fourth-order valence-corrected chi connectivity index (χ4v) is 1.18. The molecule has 1 N–H and O–H groups in total. The van der Waals surface area contributed by atoms with Crippen molar-refractivity contribution in [2.24, 2.45) is 0 Å². The number of aryl methyl sites for hydroxylation is 1. The molecule has 1 rings (SSSR count). The molecule has 1 aromatic rings. The second-order valence-corrected chi connectivity index (χ2v) is 2.80. The molecular formula is C9H6F2N2O2. The topological polar surface area (TPSA) is 74.0 Å². The van der Waals surface area contributed by atoms with Crippen LogP contribution in [0.1, 0.15) is 33.7 Å². The Morgan fingerprint density at radius 1 is 1.67 bits per heavy atom. The highest BCUT2D eigenvalue weighted by Crippen LogP contribution is 2.25. The number of pyridine rings is 1. The van der Waals surface area contributed by atoms with Gasteiger partial charge in [-0.3, -0.25) is 0 Å². The van der Waals surface area contributed by atoms with Gasteiger partial charge in [0, 0.05) is 0 Å². The molecule has 0 atom stereocenters. The van der Waals surface area contributed by atoms with Crippen LogP contribution in [0.4, 0.5) is 8.78 Å². The van der Waals surface area contributed by atoms with Crippen LogP contribution in [0.15, 0.2) is 6.07 Å². The highest BCUT2D eigenvalue weighted by molar-refractivity contribution is 5.87. The van der Waals surface area contributed by atoms with Crippen LogP contribution in [-0.4, -0.2) is 16.1 Å². The fraction of sp³-hybridized carbons (Fsp3) is 0.222. The van der Waals surface area contributed by atoms with Gasteiger partial charge in [0.1, 0.15) is 11.8 Å². The Labute approximate surface area is 83.8 Å². The number of hydrogen-bond donors (Lipinski definition) is 1. The number of rotatable bonds is 2.